The molecule has 0 heterocycles. The predicted molar refractivity (Wildman–Crippen MR) is 102 cm³/mol. The topological polar surface area (TPSA) is 84.6 Å². The second kappa shape index (κ2) is 8.83. The zero-order valence-electron chi connectivity index (χ0n) is 14.9. The number of aliphatic hydroxyl groups excluding tert-OH is 1. The Morgan fingerprint density at radius 1 is 1.08 bits per heavy atom. The quantitative estimate of drug-likeness (QED) is 0.636. The van der Waals surface area contributed by atoms with Crippen LogP contribution in [0.15, 0.2) is 48.5 Å². The van der Waals surface area contributed by atoms with Crippen LogP contribution in [0.3, 0.4) is 0 Å². The number of hydrogen-bond donors (Lipinski definition) is 3. The molecule has 0 bridgehead atoms. The average Bonchev–Trinajstić information content (AvgIpc) is 3.00. The first-order chi connectivity index (χ1) is 12.7. The van der Waals surface area contributed by atoms with Gasteiger partial charge in [-0.2, -0.15) is 0 Å². The fourth-order valence-electron chi connectivity index (χ4n) is 3.46. The van der Waals surface area contributed by atoms with Gasteiger partial charge in [0.2, 0.25) is 0 Å². The van der Waals surface area contributed by atoms with E-state index in [1.807, 2.05) is 24.3 Å². The number of amides is 1. The molecular formula is C21H26N2O3. The van der Waals surface area contributed by atoms with E-state index in [1.165, 1.54) is 22.3 Å². The van der Waals surface area contributed by atoms with Crippen molar-refractivity contribution in [1.29, 1.82) is 0 Å². The molecule has 5 heteroatoms. The molecule has 0 radical (unpaired) electrons. The maximum Gasteiger partial charge on any atom is 0.407 e. The highest BCUT2D eigenvalue weighted by atomic mass is 16.5. The third-order valence-corrected chi connectivity index (χ3v) is 4.85. The molecule has 1 aliphatic carbocycles. The zero-order chi connectivity index (χ0) is 18.4. The van der Waals surface area contributed by atoms with Gasteiger partial charge in [0.15, 0.2) is 0 Å². The van der Waals surface area contributed by atoms with Crippen LogP contribution < -0.4 is 11.1 Å². The molecule has 0 fully saturated rings. The Hall–Kier alpha value is -2.37. The lowest BCUT2D eigenvalue weighted by molar-refractivity contribution is 0.143. The van der Waals surface area contributed by atoms with Gasteiger partial charge in [-0.1, -0.05) is 55.0 Å². The van der Waals surface area contributed by atoms with Crippen molar-refractivity contribution in [2.24, 2.45) is 5.73 Å². The Kier molecular flexibility index (Phi) is 6.26. The van der Waals surface area contributed by atoms with E-state index in [0.29, 0.717) is 13.2 Å². The number of aliphatic hydroxyl groups is 1. The molecular weight excluding hydrogens is 328 g/mol. The molecule has 5 nitrogen and oxygen atoms in total. The summed E-state index contributed by atoms with van der Waals surface area (Å²) < 4.78 is 5.47. The van der Waals surface area contributed by atoms with Gasteiger partial charge in [-0.25, -0.2) is 4.79 Å². The number of alkyl carbamates (subject to hydrolysis) is 1. The van der Waals surface area contributed by atoms with Crippen LogP contribution in [0.2, 0.25) is 0 Å². The van der Waals surface area contributed by atoms with Gasteiger partial charge in [-0.05, 0) is 35.1 Å². The van der Waals surface area contributed by atoms with E-state index in [4.69, 9.17) is 15.6 Å². The van der Waals surface area contributed by atoms with Gasteiger partial charge in [-0.15, -0.1) is 0 Å². The largest absolute Gasteiger partial charge is 0.449 e. The Balaban J connectivity index is 1.50. The number of fused-ring (bicyclic) bond motifs is 3. The number of nitrogens with one attached hydrogen (secondary N) is 1. The van der Waals surface area contributed by atoms with Crippen molar-refractivity contribution in [2.45, 2.75) is 31.2 Å². The predicted octanol–water partition coefficient (Wildman–Crippen LogP) is 3.02. The van der Waals surface area contributed by atoms with Crippen LogP contribution in [0.4, 0.5) is 4.79 Å². The van der Waals surface area contributed by atoms with Gasteiger partial charge in [0.25, 0.3) is 0 Å². The van der Waals surface area contributed by atoms with Crippen molar-refractivity contribution in [2.75, 3.05) is 19.8 Å². The van der Waals surface area contributed by atoms with Crippen LogP contribution in [0, 0.1) is 0 Å². The highest BCUT2D eigenvalue weighted by Gasteiger charge is 2.28. The lowest BCUT2D eigenvalue weighted by Gasteiger charge is -2.14. The summed E-state index contributed by atoms with van der Waals surface area (Å²) in [5.74, 6) is 0.0794. The summed E-state index contributed by atoms with van der Waals surface area (Å²) in [6.07, 6.45) is 2.05. The molecule has 0 spiro atoms. The molecule has 0 saturated heterocycles. The number of carbonyl (C=O) groups is 1. The maximum absolute atomic E-state index is 12.0. The van der Waals surface area contributed by atoms with Crippen molar-refractivity contribution in [1.82, 2.24) is 5.32 Å². The summed E-state index contributed by atoms with van der Waals surface area (Å²) in [5, 5.41) is 11.7. The fraction of sp³-hybridized carbons (Fsp3) is 0.381. The van der Waals surface area contributed by atoms with E-state index in [0.717, 1.165) is 19.3 Å². The maximum atomic E-state index is 12.0. The van der Waals surface area contributed by atoms with Crippen molar-refractivity contribution < 1.29 is 14.6 Å². The van der Waals surface area contributed by atoms with E-state index >= 15 is 0 Å². The molecule has 1 aliphatic rings. The minimum atomic E-state index is -0.390. The highest BCUT2D eigenvalue weighted by Crippen LogP contribution is 2.44. The number of unbranched alkanes of at least 4 members (excludes halogenated alkanes) is 1. The first kappa shape index (κ1) is 18.4. The molecule has 3 rings (SSSR count). The van der Waals surface area contributed by atoms with Crippen LogP contribution in [-0.2, 0) is 4.74 Å². The average molecular weight is 354 g/mol. The Morgan fingerprint density at radius 2 is 1.69 bits per heavy atom. The summed E-state index contributed by atoms with van der Waals surface area (Å²) in [5.41, 5.74) is 10.5. The summed E-state index contributed by atoms with van der Waals surface area (Å²) in [6.45, 7) is 0.879. The van der Waals surface area contributed by atoms with Crippen molar-refractivity contribution in [3.8, 4) is 11.1 Å². The van der Waals surface area contributed by atoms with Gasteiger partial charge in [0.05, 0.1) is 6.61 Å². The third-order valence-electron chi connectivity index (χ3n) is 4.85. The van der Waals surface area contributed by atoms with E-state index in [9.17, 15) is 4.79 Å². The molecule has 2 aromatic rings. The number of hydrogen-bond acceptors (Lipinski definition) is 4. The lowest BCUT2D eigenvalue weighted by Crippen LogP contribution is -2.28. The van der Waals surface area contributed by atoms with E-state index in [1.54, 1.807) is 0 Å². The first-order valence-electron chi connectivity index (χ1n) is 9.16. The number of ether oxygens (including phenoxy) is 1. The van der Waals surface area contributed by atoms with Crippen LogP contribution in [0.5, 0.6) is 0 Å². The number of rotatable bonds is 8. The van der Waals surface area contributed by atoms with Gasteiger partial charge in [0.1, 0.15) is 6.61 Å². The molecule has 26 heavy (non-hydrogen) atoms. The van der Waals surface area contributed by atoms with Gasteiger partial charge < -0.3 is 20.9 Å². The van der Waals surface area contributed by atoms with Crippen LogP contribution in [-0.4, -0.2) is 37.0 Å². The monoisotopic (exact) mass is 354 g/mol. The molecule has 138 valence electrons. The standard InChI is InChI=1S/C21H26N2O3/c22-15(13-24)7-5-6-12-23-21(25)26-14-20-18-10-3-1-8-16(18)17-9-2-4-11-19(17)20/h1-4,8-11,15,20,24H,5-7,12-14,22H2,(H,23,25)/t15-/m1/s1. The van der Waals surface area contributed by atoms with Gasteiger partial charge >= 0.3 is 6.09 Å². The smallest absolute Gasteiger partial charge is 0.407 e. The van der Waals surface area contributed by atoms with E-state index in [2.05, 4.69) is 29.6 Å². The van der Waals surface area contributed by atoms with E-state index in [-0.39, 0.29) is 18.6 Å². The third kappa shape index (κ3) is 4.23. The molecule has 0 aliphatic heterocycles. The normalized spacial score (nSPS) is 13.8. The molecule has 0 saturated carbocycles. The van der Waals surface area contributed by atoms with Crippen LogP contribution in [0.25, 0.3) is 11.1 Å². The second-order valence-corrected chi connectivity index (χ2v) is 6.69. The summed E-state index contributed by atoms with van der Waals surface area (Å²) in [4.78, 5) is 12.0. The minimum Gasteiger partial charge on any atom is -0.449 e. The number of carbonyl (C=O) groups excluding carboxylic acids is 1. The Morgan fingerprint density at radius 3 is 2.31 bits per heavy atom. The summed E-state index contributed by atoms with van der Waals surface area (Å²) in [7, 11) is 0. The minimum absolute atomic E-state index is 0.000192. The van der Waals surface area contributed by atoms with Gasteiger partial charge in [0, 0.05) is 18.5 Å². The lowest BCUT2D eigenvalue weighted by atomic mass is 9.98. The molecule has 4 N–H and O–H groups in total. The summed E-state index contributed by atoms with van der Waals surface area (Å²) in [6, 6.07) is 16.4. The fourth-order valence-corrected chi connectivity index (χ4v) is 3.46. The molecule has 0 unspecified atom stereocenters. The van der Waals surface area contributed by atoms with Crippen LogP contribution >= 0.6 is 0 Å². The highest BCUT2D eigenvalue weighted by molar-refractivity contribution is 5.79. The SMILES string of the molecule is N[C@@H](CO)CCCCNC(=O)OCC1c2ccccc2-c2ccccc21. The zero-order valence-corrected chi connectivity index (χ0v) is 14.9. The number of benzene rings is 2. The summed E-state index contributed by atoms with van der Waals surface area (Å²) >= 11 is 0. The van der Waals surface area contributed by atoms with Gasteiger partial charge in [-0.3, -0.25) is 0 Å². The molecule has 2 aromatic carbocycles. The molecule has 1 amide bonds. The van der Waals surface area contributed by atoms with Crippen molar-refractivity contribution >= 4 is 6.09 Å². The second-order valence-electron chi connectivity index (χ2n) is 6.69. The first-order valence-corrected chi connectivity index (χ1v) is 9.16. The van der Waals surface area contributed by atoms with E-state index < -0.39 is 6.09 Å². The van der Waals surface area contributed by atoms with Crippen molar-refractivity contribution in [3.63, 3.8) is 0 Å². The molecule has 1 atom stereocenters. The van der Waals surface area contributed by atoms with Crippen LogP contribution in [0.1, 0.15) is 36.3 Å². The Labute approximate surface area is 154 Å². The Bertz CT molecular complexity index is 702. The van der Waals surface area contributed by atoms with Crippen molar-refractivity contribution in [3.05, 3.63) is 59.7 Å². The molecule has 0 aromatic heterocycles. The number of nitrogens with two attached hydrogens (primary N) is 1.